The summed E-state index contributed by atoms with van der Waals surface area (Å²) in [5.41, 5.74) is -0.0855. The molecule has 3 nitrogen and oxygen atoms in total. The Hall–Kier alpha value is -1.10. The van der Waals surface area contributed by atoms with Gasteiger partial charge in [0, 0.05) is 10.0 Å². The zero-order chi connectivity index (χ0) is 13.4. The lowest BCUT2D eigenvalue weighted by atomic mass is 9.84. The van der Waals surface area contributed by atoms with E-state index in [0.717, 1.165) is 0 Å². The first-order valence-electron chi connectivity index (χ1n) is 5.06. The van der Waals surface area contributed by atoms with Gasteiger partial charge in [-0.25, -0.2) is 4.39 Å². The Labute approximate surface area is 107 Å². The molecule has 0 spiro atoms. The summed E-state index contributed by atoms with van der Waals surface area (Å²) in [6.45, 7) is 4.77. The molecule has 2 N–H and O–H groups in total. The highest BCUT2D eigenvalue weighted by atomic mass is 79.9. The highest BCUT2D eigenvalue weighted by Gasteiger charge is 2.30. The second kappa shape index (κ2) is 4.64. The van der Waals surface area contributed by atoms with Crippen molar-refractivity contribution in [3.8, 4) is 5.75 Å². The maximum absolute atomic E-state index is 13.4. The zero-order valence-corrected chi connectivity index (χ0v) is 11.4. The summed E-state index contributed by atoms with van der Waals surface area (Å²) in [5.74, 6) is -2.21. The summed E-state index contributed by atoms with van der Waals surface area (Å²) in [5, 5.41) is 18.7. The third kappa shape index (κ3) is 2.77. The summed E-state index contributed by atoms with van der Waals surface area (Å²) in [4.78, 5) is 11.0. The van der Waals surface area contributed by atoms with Crippen molar-refractivity contribution in [3.63, 3.8) is 0 Å². The predicted octanol–water partition coefficient (Wildman–Crippen LogP) is 3.26. The Balaban J connectivity index is 3.28. The molecule has 0 unspecified atom stereocenters. The first kappa shape index (κ1) is 14.0. The number of aliphatic carboxylic acids is 1. The highest BCUT2D eigenvalue weighted by molar-refractivity contribution is 9.10. The van der Waals surface area contributed by atoms with Crippen molar-refractivity contribution in [1.82, 2.24) is 0 Å². The lowest BCUT2D eigenvalue weighted by Gasteiger charge is -2.21. The van der Waals surface area contributed by atoms with Crippen molar-refractivity contribution in [2.24, 2.45) is 5.41 Å². The summed E-state index contributed by atoms with van der Waals surface area (Å²) in [7, 11) is 0. The maximum atomic E-state index is 13.4. The van der Waals surface area contributed by atoms with Gasteiger partial charge in [-0.1, -0.05) is 15.9 Å². The van der Waals surface area contributed by atoms with Crippen LogP contribution in [0.2, 0.25) is 0 Å². The van der Waals surface area contributed by atoms with Gasteiger partial charge in [-0.15, -0.1) is 0 Å². The van der Waals surface area contributed by atoms with Crippen LogP contribution in [0.3, 0.4) is 0 Å². The molecule has 0 fully saturated rings. The molecule has 0 bridgehead atoms. The highest BCUT2D eigenvalue weighted by Crippen LogP contribution is 2.35. The third-order valence-electron chi connectivity index (χ3n) is 2.77. The number of halogens is 2. The van der Waals surface area contributed by atoms with E-state index < -0.39 is 23.0 Å². The minimum Gasteiger partial charge on any atom is -0.505 e. The van der Waals surface area contributed by atoms with Crippen LogP contribution in [0.4, 0.5) is 4.39 Å². The van der Waals surface area contributed by atoms with E-state index in [9.17, 15) is 14.3 Å². The zero-order valence-electron chi connectivity index (χ0n) is 9.84. The number of hydrogen-bond acceptors (Lipinski definition) is 2. The average molecular weight is 305 g/mol. The van der Waals surface area contributed by atoms with Gasteiger partial charge in [-0.2, -0.15) is 0 Å². The van der Waals surface area contributed by atoms with Crippen LogP contribution >= 0.6 is 15.9 Å². The standard InChI is InChI=1S/C12H14BrFO3/c1-6-7(5-12(2,3)11(16)17)10(15)9(14)4-8(6)13/h4,15H,5H2,1-3H3,(H,16,17). The fraction of sp³-hybridized carbons (Fsp3) is 0.417. The lowest BCUT2D eigenvalue weighted by Crippen LogP contribution is -2.26. The Morgan fingerprint density at radius 2 is 2.06 bits per heavy atom. The SMILES string of the molecule is Cc1c(Br)cc(F)c(O)c1CC(C)(C)C(=O)O. The van der Waals surface area contributed by atoms with Crippen LogP contribution in [0.25, 0.3) is 0 Å². The van der Waals surface area contributed by atoms with Crippen molar-refractivity contribution in [2.75, 3.05) is 0 Å². The number of hydrogen-bond donors (Lipinski definition) is 2. The number of carbonyl (C=O) groups is 1. The largest absolute Gasteiger partial charge is 0.505 e. The predicted molar refractivity (Wildman–Crippen MR) is 65.6 cm³/mol. The fourth-order valence-electron chi connectivity index (χ4n) is 1.49. The minimum atomic E-state index is -1.06. The summed E-state index contributed by atoms with van der Waals surface area (Å²) >= 11 is 3.18. The second-order valence-electron chi connectivity index (χ2n) is 4.66. The number of carboxylic acids is 1. The molecule has 0 atom stereocenters. The smallest absolute Gasteiger partial charge is 0.309 e. The quantitative estimate of drug-likeness (QED) is 0.901. The Morgan fingerprint density at radius 1 is 1.53 bits per heavy atom. The molecular weight excluding hydrogens is 291 g/mol. The first-order valence-corrected chi connectivity index (χ1v) is 5.86. The number of aromatic hydroxyl groups is 1. The molecule has 0 aromatic heterocycles. The molecule has 0 amide bonds. The molecule has 0 aliphatic rings. The van der Waals surface area contributed by atoms with E-state index in [4.69, 9.17) is 5.11 Å². The van der Waals surface area contributed by atoms with Crippen LogP contribution in [-0.4, -0.2) is 16.2 Å². The topological polar surface area (TPSA) is 57.5 Å². The summed E-state index contributed by atoms with van der Waals surface area (Å²) < 4.78 is 13.9. The van der Waals surface area contributed by atoms with Crippen molar-refractivity contribution >= 4 is 21.9 Å². The third-order valence-corrected chi connectivity index (χ3v) is 3.60. The summed E-state index contributed by atoms with van der Waals surface area (Å²) in [6.07, 6.45) is 0.0658. The molecule has 94 valence electrons. The average Bonchev–Trinajstić information content (AvgIpc) is 2.21. The molecule has 1 aromatic rings. The summed E-state index contributed by atoms with van der Waals surface area (Å²) in [6, 6.07) is 1.17. The number of carboxylic acid groups (broad SMARTS) is 1. The number of phenols is 1. The molecule has 5 heteroatoms. The second-order valence-corrected chi connectivity index (χ2v) is 5.51. The Morgan fingerprint density at radius 3 is 2.53 bits per heavy atom. The van der Waals surface area contributed by atoms with E-state index in [1.807, 2.05) is 0 Å². The maximum Gasteiger partial charge on any atom is 0.309 e. The van der Waals surface area contributed by atoms with E-state index >= 15 is 0 Å². The van der Waals surface area contributed by atoms with Gasteiger partial charge in [0.15, 0.2) is 11.6 Å². The van der Waals surface area contributed by atoms with Crippen molar-refractivity contribution in [3.05, 3.63) is 27.5 Å². The molecule has 1 aromatic carbocycles. The molecule has 0 aliphatic carbocycles. The number of rotatable bonds is 3. The van der Waals surface area contributed by atoms with Gasteiger partial charge in [0.2, 0.25) is 0 Å². The van der Waals surface area contributed by atoms with Crippen molar-refractivity contribution in [1.29, 1.82) is 0 Å². The van der Waals surface area contributed by atoms with E-state index in [1.54, 1.807) is 6.92 Å². The Bertz CT molecular complexity index is 443. The molecule has 0 aliphatic heterocycles. The molecule has 0 saturated heterocycles. The van der Waals surface area contributed by atoms with Crippen molar-refractivity contribution in [2.45, 2.75) is 27.2 Å². The molecular formula is C12H14BrFO3. The monoisotopic (exact) mass is 304 g/mol. The van der Waals surface area contributed by atoms with Gasteiger partial charge in [0.05, 0.1) is 5.41 Å². The van der Waals surface area contributed by atoms with Crippen LogP contribution < -0.4 is 0 Å². The molecule has 1 rings (SSSR count). The van der Waals surface area contributed by atoms with Crippen molar-refractivity contribution < 1.29 is 19.4 Å². The van der Waals surface area contributed by atoms with Gasteiger partial charge in [-0.3, -0.25) is 4.79 Å². The van der Waals surface area contributed by atoms with Gasteiger partial charge >= 0.3 is 5.97 Å². The number of benzene rings is 1. The van der Waals surface area contributed by atoms with E-state index in [0.29, 0.717) is 15.6 Å². The molecule has 0 saturated carbocycles. The van der Waals surface area contributed by atoms with Gasteiger partial charge in [-0.05, 0) is 38.8 Å². The van der Waals surface area contributed by atoms with Crippen LogP contribution in [0.15, 0.2) is 10.5 Å². The van der Waals surface area contributed by atoms with Crippen LogP contribution in [0.1, 0.15) is 25.0 Å². The van der Waals surface area contributed by atoms with Gasteiger partial charge in [0.1, 0.15) is 0 Å². The van der Waals surface area contributed by atoms with E-state index in [2.05, 4.69) is 15.9 Å². The normalized spacial score (nSPS) is 11.6. The number of phenolic OH excluding ortho intramolecular Hbond substituents is 1. The lowest BCUT2D eigenvalue weighted by molar-refractivity contribution is -0.146. The first-order chi connectivity index (χ1) is 7.66. The minimum absolute atomic E-state index is 0.0658. The van der Waals surface area contributed by atoms with E-state index in [1.165, 1.54) is 19.9 Å². The van der Waals surface area contributed by atoms with Crippen LogP contribution in [0.5, 0.6) is 5.75 Å². The van der Waals surface area contributed by atoms with Gasteiger partial charge in [0.25, 0.3) is 0 Å². The van der Waals surface area contributed by atoms with Crippen LogP contribution in [0, 0.1) is 18.2 Å². The fourth-order valence-corrected chi connectivity index (χ4v) is 1.93. The van der Waals surface area contributed by atoms with Crippen LogP contribution in [-0.2, 0) is 11.2 Å². The Kier molecular flexibility index (Phi) is 3.81. The molecule has 0 heterocycles. The molecule has 0 radical (unpaired) electrons. The molecule has 17 heavy (non-hydrogen) atoms. The van der Waals surface area contributed by atoms with Gasteiger partial charge < -0.3 is 10.2 Å². The van der Waals surface area contributed by atoms with E-state index in [-0.39, 0.29) is 6.42 Å².